The Kier molecular flexibility index (Phi) is 4.11. The lowest BCUT2D eigenvalue weighted by Crippen LogP contribution is -2.14. The lowest BCUT2D eigenvalue weighted by atomic mass is 10.3. The summed E-state index contributed by atoms with van der Waals surface area (Å²) in [6.07, 6.45) is 2.84. The van der Waals surface area contributed by atoms with E-state index in [0.29, 0.717) is 22.5 Å². The number of anilines is 1. The predicted octanol–water partition coefficient (Wildman–Crippen LogP) is 2.37. The third kappa shape index (κ3) is 3.27. The molecule has 0 fully saturated rings. The fraction of sp³-hybridized carbons (Fsp3) is 0.182. The maximum atomic E-state index is 12.3. The molecular weight excluding hydrogens is 334 g/mol. The van der Waals surface area contributed by atoms with Gasteiger partial charge in [0.25, 0.3) is 10.0 Å². The molecule has 2 rings (SSSR count). The van der Waals surface area contributed by atoms with Gasteiger partial charge >= 0.3 is 0 Å². The first-order valence-corrected chi connectivity index (χ1v) is 7.74. The second kappa shape index (κ2) is 5.62. The van der Waals surface area contributed by atoms with Crippen LogP contribution >= 0.6 is 15.9 Å². The van der Waals surface area contributed by atoms with Crippen LogP contribution in [0.25, 0.3) is 0 Å². The molecule has 0 aliphatic carbocycles. The fourth-order valence-electron chi connectivity index (χ4n) is 1.48. The zero-order chi connectivity index (χ0) is 13.9. The highest BCUT2D eigenvalue weighted by Gasteiger charge is 2.20. The Morgan fingerprint density at radius 2 is 2.26 bits per heavy atom. The summed E-state index contributed by atoms with van der Waals surface area (Å²) in [5.41, 5.74) is 0.363. The Bertz CT molecular complexity index is 656. The number of aromatic nitrogens is 2. The van der Waals surface area contributed by atoms with Gasteiger partial charge in [0.15, 0.2) is 0 Å². The van der Waals surface area contributed by atoms with Crippen molar-refractivity contribution in [3.63, 3.8) is 0 Å². The van der Waals surface area contributed by atoms with Crippen molar-refractivity contribution in [1.82, 2.24) is 10.2 Å². The van der Waals surface area contributed by atoms with Crippen molar-refractivity contribution in [1.29, 1.82) is 0 Å². The average molecular weight is 346 g/mol. The Morgan fingerprint density at radius 1 is 1.47 bits per heavy atom. The molecule has 8 heteroatoms. The van der Waals surface area contributed by atoms with E-state index in [4.69, 9.17) is 4.74 Å². The quantitative estimate of drug-likeness (QED) is 0.871. The molecule has 1 heterocycles. The molecule has 0 saturated carbocycles. The second-order valence-electron chi connectivity index (χ2n) is 3.62. The molecule has 0 atom stereocenters. The number of benzene rings is 1. The molecule has 19 heavy (non-hydrogen) atoms. The molecule has 0 radical (unpaired) electrons. The highest BCUT2D eigenvalue weighted by molar-refractivity contribution is 9.10. The zero-order valence-corrected chi connectivity index (χ0v) is 12.5. The molecule has 0 saturated heterocycles. The van der Waals surface area contributed by atoms with Crippen molar-refractivity contribution in [3.8, 4) is 5.75 Å². The number of hydrogen-bond acceptors (Lipinski definition) is 4. The molecular formula is C11H12BrN3O3S. The summed E-state index contributed by atoms with van der Waals surface area (Å²) >= 11 is 3.25. The Hall–Kier alpha value is -1.54. The minimum absolute atomic E-state index is 0.0740. The van der Waals surface area contributed by atoms with E-state index in [9.17, 15) is 8.42 Å². The van der Waals surface area contributed by atoms with Gasteiger partial charge in [-0.3, -0.25) is 9.82 Å². The van der Waals surface area contributed by atoms with Gasteiger partial charge in [-0.2, -0.15) is 5.10 Å². The van der Waals surface area contributed by atoms with E-state index in [1.807, 2.05) is 0 Å². The largest absolute Gasteiger partial charge is 0.492 e. The number of nitrogens with one attached hydrogen (secondary N) is 2. The highest BCUT2D eigenvalue weighted by Crippen LogP contribution is 2.28. The van der Waals surface area contributed by atoms with E-state index >= 15 is 0 Å². The molecule has 0 amide bonds. The number of halogens is 1. The minimum Gasteiger partial charge on any atom is -0.492 e. The van der Waals surface area contributed by atoms with Crippen LogP contribution in [0.5, 0.6) is 5.75 Å². The van der Waals surface area contributed by atoms with Gasteiger partial charge in [0, 0.05) is 10.7 Å². The van der Waals surface area contributed by atoms with Gasteiger partial charge in [0.2, 0.25) is 0 Å². The highest BCUT2D eigenvalue weighted by atomic mass is 79.9. The van der Waals surface area contributed by atoms with E-state index in [0.717, 1.165) is 0 Å². The van der Waals surface area contributed by atoms with Crippen molar-refractivity contribution < 1.29 is 13.2 Å². The van der Waals surface area contributed by atoms with Crippen LogP contribution in [0.2, 0.25) is 0 Å². The van der Waals surface area contributed by atoms with Gasteiger partial charge < -0.3 is 4.74 Å². The minimum atomic E-state index is -3.72. The average Bonchev–Trinajstić information content (AvgIpc) is 2.83. The molecule has 6 nitrogen and oxygen atoms in total. The Balaban J connectivity index is 2.41. The molecule has 0 bridgehead atoms. The summed E-state index contributed by atoms with van der Waals surface area (Å²) in [5, 5.41) is 6.22. The van der Waals surface area contributed by atoms with Gasteiger partial charge in [-0.25, -0.2) is 8.42 Å². The van der Waals surface area contributed by atoms with Crippen molar-refractivity contribution in [2.24, 2.45) is 0 Å². The molecule has 2 aromatic rings. The van der Waals surface area contributed by atoms with Gasteiger partial charge in [0.05, 0.1) is 18.5 Å². The van der Waals surface area contributed by atoms with Crippen LogP contribution in [0.15, 0.2) is 40.0 Å². The van der Waals surface area contributed by atoms with Crippen molar-refractivity contribution in [3.05, 3.63) is 35.1 Å². The van der Waals surface area contributed by atoms with E-state index in [-0.39, 0.29) is 4.90 Å². The first-order valence-electron chi connectivity index (χ1n) is 5.47. The van der Waals surface area contributed by atoms with Crippen molar-refractivity contribution >= 4 is 31.6 Å². The first kappa shape index (κ1) is 13.9. The summed E-state index contributed by atoms with van der Waals surface area (Å²) in [7, 11) is -3.72. The van der Waals surface area contributed by atoms with Crippen LogP contribution in [0.3, 0.4) is 0 Å². The molecule has 102 valence electrons. The van der Waals surface area contributed by atoms with Crippen LogP contribution in [-0.4, -0.2) is 25.2 Å². The number of sulfonamides is 1. The van der Waals surface area contributed by atoms with Crippen LogP contribution in [0.4, 0.5) is 5.69 Å². The SMILES string of the molecule is CCOc1ccc(Br)cc1S(=O)(=O)Nc1cn[nH]c1. The standard InChI is InChI=1S/C11H12BrN3O3S/c1-2-18-10-4-3-8(12)5-11(10)19(16,17)15-9-6-13-14-7-9/h3-7,15H,2H2,1H3,(H,13,14). The summed E-state index contributed by atoms with van der Waals surface area (Å²) in [6.45, 7) is 2.18. The van der Waals surface area contributed by atoms with E-state index in [1.165, 1.54) is 18.5 Å². The van der Waals surface area contributed by atoms with E-state index in [2.05, 4.69) is 30.8 Å². The van der Waals surface area contributed by atoms with Crippen LogP contribution in [-0.2, 0) is 10.0 Å². The maximum Gasteiger partial charge on any atom is 0.265 e. The van der Waals surface area contributed by atoms with Gasteiger partial charge in [0.1, 0.15) is 10.6 Å². The van der Waals surface area contributed by atoms with Crippen molar-refractivity contribution in [2.45, 2.75) is 11.8 Å². The smallest absolute Gasteiger partial charge is 0.265 e. The number of rotatable bonds is 5. The zero-order valence-electron chi connectivity index (χ0n) is 10.1. The number of hydrogen-bond donors (Lipinski definition) is 2. The normalized spacial score (nSPS) is 11.3. The third-order valence-corrected chi connectivity index (χ3v) is 4.14. The molecule has 0 aliphatic heterocycles. The van der Waals surface area contributed by atoms with Gasteiger partial charge in [-0.15, -0.1) is 0 Å². The number of H-pyrrole nitrogens is 1. The van der Waals surface area contributed by atoms with Crippen LogP contribution in [0.1, 0.15) is 6.92 Å². The lowest BCUT2D eigenvalue weighted by molar-refractivity contribution is 0.331. The maximum absolute atomic E-state index is 12.3. The topological polar surface area (TPSA) is 84.1 Å². The van der Waals surface area contributed by atoms with Gasteiger partial charge in [-0.05, 0) is 25.1 Å². The summed E-state index contributed by atoms with van der Waals surface area (Å²) in [5.74, 6) is 0.307. The first-order chi connectivity index (χ1) is 9.03. The van der Waals surface area contributed by atoms with E-state index in [1.54, 1.807) is 19.1 Å². The van der Waals surface area contributed by atoms with Crippen LogP contribution < -0.4 is 9.46 Å². The number of aromatic amines is 1. The Labute approximate surface area is 119 Å². The lowest BCUT2D eigenvalue weighted by Gasteiger charge is -2.12. The van der Waals surface area contributed by atoms with Crippen molar-refractivity contribution in [2.75, 3.05) is 11.3 Å². The van der Waals surface area contributed by atoms with E-state index < -0.39 is 10.0 Å². The Morgan fingerprint density at radius 3 is 2.89 bits per heavy atom. The molecule has 2 N–H and O–H groups in total. The summed E-state index contributed by atoms with van der Waals surface area (Å²) in [4.78, 5) is 0.0740. The monoisotopic (exact) mass is 345 g/mol. The molecule has 1 aromatic heterocycles. The molecule has 0 aliphatic rings. The number of ether oxygens (including phenoxy) is 1. The molecule has 0 unspecified atom stereocenters. The van der Waals surface area contributed by atoms with Crippen LogP contribution in [0, 0.1) is 0 Å². The summed E-state index contributed by atoms with van der Waals surface area (Å²) < 4.78 is 33.0. The molecule has 1 aromatic carbocycles. The van der Waals surface area contributed by atoms with Gasteiger partial charge in [-0.1, -0.05) is 15.9 Å². The fourth-order valence-corrected chi connectivity index (χ4v) is 3.20. The predicted molar refractivity (Wildman–Crippen MR) is 74.7 cm³/mol. The second-order valence-corrected chi connectivity index (χ2v) is 6.18. The number of nitrogens with zero attached hydrogens (tertiary/aromatic N) is 1. The molecule has 0 spiro atoms. The third-order valence-electron chi connectivity index (χ3n) is 2.25. The summed E-state index contributed by atoms with van der Waals surface area (Å²) in [6, 6.07) is 4.83.